The molecule has 1 atom stereocenters. The van der Waals surface area contributed by atoms with Crippen LogP contribution in [0.3, 0.4) is 0 Å². The van der Waals surface area contributed by atoms with Crippen molar-refractivity contribution < 1.29 is 0 Å². The van der Waals surface area contributed by atoms with Gasteiger partial charge in [-0.2, -0.15) is 0 Å². The summed E-state index contributed by atoms with van der Waals surface area (Å²) in [7, 11) is 0. The van der Waals surface area contributed by atoms with Gasteiger partial charge in [0, 0.05) is 6.04 Å². The first-order valence-corrected chi connectivity index (χ1v) is 3.52. The minimum absolute atomic E-state index is 0. The molecule has 11 heavy (non-hydrogen) atoms. The van der Waals surface area contributed by atoms with Crippen molar-refractivity contribution in [2.24, 2.45) is 5.73 Å². The molecule has 0 heterocycles. The molecule has 0 spiro atoms. The van der Waals surface area contributed by atoms with Gasteiger partial charge in [0.15, 0.2) is 0 Å². The molecule has 1 nitrogen and oxygen atoms in total. The third kappa shape index (κ3) is 2.91. The molecular weight excluding hydrogens is 158 g/mol. The molecule has 1 aromatic carbocycles. The zero-order chi connectivity index (χ0) is 7.56. The Morgan fingerprint density at radius 2 is 2.00 bits per heavy atom. The molecule has 1 aromatic rings. The highest BCUT2D eigenvalue weighted by Crippen LogP contribution is 2.10. The summed E-state index contributed by atoms with van der Waals surface area (Å²) >= 11 is 0. The summed E-state index contributed by atoms with van der Waals surface area (Å²) in [5.74, 6) is 0. The largest absolute Gasteiger partial charge is 0.324 e. The monoisotopic (exact) mass is 171 g/mol. The quantitative estimate of drug-likeness (QED) is 0.690. The molecule has 2 heteroatoms. The van der Waals surface area contributed by atoms with E-state index in [1.807, 2.05) is 13.0 Å². The lowest BCUT2D eigenvalue weighted by atomic mass is 10.1. The second-order valence-corrected chi connectivity index (χ2v) is 2.70. The van der Waals surface area contributed by atoms with Crippen molar-refractivity contribution in [2.45, 2.75) is 19.9 Å². The number of halogens is 1. The second kappa shape index (κ2) is 4.37. The maximum atomic E-state index is 5.68. The second-order valence-electron chi connectivity index (χ2n) is 2.70. The van der Waals surface area contributed by atoms with Crippen LogP contribution < -0.4 is 5.73 Å². The maximum absolute atomic E-state index is 5.68. The summed E-state index contributed by atoms with van der Waals surface area (Å²) in [4.78, 5) is 0. The molecule has 0 radical (unpaired) electrons. The van der Waals surface area contributed by atoms with Gasteiger partial charge in [-0.3, -0.25) is 0 Å². The van der Waals surface area contributed by atoms with Gasteiger partial charge in [-0.05, 0) is 19.4 Å². The van der Waals surface area contributed by atoms with Crippen molar-refractivity contribution in [1.82, 2.24) is 0 Å². The van der Waals surface area contributed by atoms with Crippen molar-refractivity contribution in [3.63, 3.8) is 0 Å². The Kier molecular flexibility index (Phi) is 4.16. The van der Waals surface area contributed by atoms with Gasteiger partial charge in [0.1, 0.15) is 0 Å². The van der Waals surface area contributed by atoms with Crippen molar-refractivity contribution in [1.29, 1.82) is 0 Å². The topological polar surface area (TPSA) is 26.0 Å². The molecule has 62 valence electrons. The van der Waals surface area contributed by atoms with E-state index in [-0.39, 0.29) is 18.4 Å². The third-order valence-electron chi connectivity index (χ3n) is 1.57. The Hall–Kier alpha value is -0.530. The van der Waals surface area contributed by atoms with Crippen LogP contribution in [-0.4, -0.2) is 0 Å². The van der Waals surface area contributed by atoms with Crippen LogP contribution >= 0.6 is 12.4 Å². The smallest absolute Gasteiger partial charge is 0.0266 e. The predicted octanol–water partition coefficient (Wildman–Crippen LogP) is 2.44. The molecular formula is C9H14ClN. The lowest BCUT2D eigenvalue weighted by molar-refractivity contribution is 0.817. The van der Waals surface area contributed by atoms with E-state index in [1.54, 1.807) is 0 Å². The van der Waals surface area contributed by atoms with Crippen molar-refractivity contribution in [2.75, 3.05) is 0 Å². The summed E-state index contributed by atoms with van der Waals surface area (Å²) in [5, 5.41) is 0. The summed E-state index contributed by atoms with van der Waals surface area (Å²) in [6, 6.07) is 8.43. The van der Waals surface area contributed by atoms with Crippen LogP contribution in [0.1, 0.15) is 24.1 Å². The summed E-state index contributed by atoms with van der Waals surface area (Å²) in [6.45, 7) is 4.07. The number of hydrogen-bond acceptors (Lipinski definition) is 1. The van der Waals surface area contributed by atoms with E-state index in [0.717, 1.165) is 0 Å². The zero-order valence-electron chi connectivity index (χ0n) is 6.87. The van der Waals surface area contributed by atoms with Gasteiger partial charge in [-0.15, -0.1) is 12.4 Å². The highest BCUT2D eigenvalue weighted by atomic mass is 35.5. The third-order valence-corrected chi connectivity index (χ3v) is 1.57. The number of hydrogen-bond donors (Lipinski definition) is 1. The SMILES string of the molecule is Cc1cccc([C@H](C)N)c1.Cl. The molecule has 0 saturated carbocycles. The molecule has 0 amide bonds. The fourth-order valence-electron chi connectivity index (χ4n) is 0.953. The minimum Gasteiger partial charge on any atom is -0.324 e. The molecule has 0 fully saturated rings. The Morgan fingerprint density at radius 1 is 1.36 bits per heavy atom. The van der Waals surface area contributed by atoms with Crippen LogP contribution in [0.4, 0.5) is 0 Å². The summed E-state index contributed by atoms with van der Waals surface area (Å²) in [5.41, 5.74) is 8.16. The van der Waals surface area contributed by atoms with Crippen LogP contribution in [0, 0.1) is 6.92 Å². The van der Waals surface area contributed by atoms with E-state index in [4.69, 9.17) is 5.73 Å². The normalized spacial score (nSPS) is 11.9. The number of benzene rings is 1. The van der Waals surface area contributed by atoms with E-state index in [0.29, 0.717) is 0 Å². The first kappa shape index (κ1) is 10.5. The van der Waals surface area contributed by atoms with E-state index in [9.17, 15) is 0 Å². The number of nitrogens with two attached hydrogens (primary N) is 1. The van der Waals surface area contributed by atoms with Gasteiger partial charge in [0.25, 0.3) is 0 Å². The van der Waals surface area contributed by atoms with Crippen LogP contribution in [0.25, 0.3) is 0 Å². The first-order chi connectivity index (χ1) is 4.70. The fourth-order valence-corrected chi connectivity index (χ4v) is 0.953. The van der Waals surface area contributed by atoms with Gasteiger partial charge in [-0.25, -0.2) is 0 Å². The Bertz CT molecular complexity index is 221. The van der Waals surface area contributed by atoms with E-state index in [1.165, 1.54) is 11.1 Å². The fraction of sp³-hybridized carbons (Fsp3) is 0.333. The molecule has 0 aliphatic heterocycles. The van der Waals surface area contributed by atoms with Crippen molar-refractivity contribution in [3.05, 3.63) is 35.4 Å². The lowest BCUT2D eigenvalue weighted by Crippen LogP contribution is -2.04. The summed E-state index contributed by atoms with van der Waals surface area (Å²) in [6.07, 6.45) is 0. The van der Waals surface area contributed by atoms with E-state index in [2.05, 4.69) is 25.1 Å². The van der Waals surface area contributed by atoms with Gasteiger partial charge in [-0.1, -0.05) is 29.8 Å². The Balaban J connectivity index is 0.000001000. The molecule has 2 N–H and O–H groups in total. The van der Waals surface area contributed by atoms with E-state index >= 15 is 0 Å². The van der Waals surface area contributed by atoms with Crippen LogP contribution in [0.2, 0.25) is 0 Å². The molecule has 0 aliphatic carbocycles. The highest BCUT2D eigenvalue weighted by molar-refractivity contribution is 5.85. The van der Waals surface area contributed by atoms with Gasteiger partial charge in [0.05, 0.1) is 0 Å². The molecule has 0 unspecified atom stereocenters. The van der Waals surface area contributed by atoms with Gasteiger partial charge >= 0.3 is 0 Å². The number of rotatable bonds is 1. The first-order valence-electron chi connectivity index (χ1n) is 3.52. The molecule has 1 rings (SSSR count). The predicted molar refractivity (Wildman–Crippen MR) is 51.0 cm³/mol. The van der Waals surface area contributed by atoms with Crippen molar-refractivity contribution >= 4 is 12.4 Å². The van der Waals surface area contributed by atoms with Crippen LogP contribution in [-0.2, 0) is 0 Å². The summed E-state index contributed by atoms with van der Waals surface area (Å²) < 4.78 is 0. The molecule has 0 bridgehead atoms. The van der Waals surface area contributed by atoms with E-state index < -0.39 is 0 Å². The number of aryl methyl sites for hydroxylation is 1. The van der Waals surface area contributed by atoms with Gasteiger partial charge in [0.2, 0.25) is 0 Å². The molecule has 0 aliphatic rings. The average molecular weight is 172 g/mol. The Morgan fingerprint density at radius 3 is 2.36 bits per heavy atom. The lowest BCUT2D eigenvalue weighted by Gasteiger charge is -2.04. The van der Waals surface area contributed by atoms with Crippen LogP contribution in [0.15, 0.2) is 24.3 Å². The zero-order valence-corrected chi connectivity index (χ0v) is 7.69. The van der Waals surface area contributed by atoms with Crippen molar-refractivity contribution in [3.8, 4) is 0 Å². The maximum Gasteiger partial charge on any atom is 0.0266 e. The Labute approximate surface area is 74.0 Å². The molecule has 0 aromatic heterocycles. The highest BCUT2D eigenvalue weighted by Gasteiger charge is 1.96. The van der Waals surface area contributed by atoms with Gasteiger partial charge < -0.3 is 5.73 Å². The standard InChI is InChI=1S/C9H13N.ClH/c1-7-4-3-5-9(6-7)8(2)10;/h3-6,8H,10H2,1-2H3;1H/t8-;/m0./s1. The van der Waals surface area contributed by atoms with Crippen LogP contribution in [0.5, 0.6) is 0 Å². The minimum atomic E-state index is 0. The average Bonchev–Trinajstić information content (AvgIpc) is 1.88. The molecule has 0 saturated heterocycles.